The Morgan fingerprint density at radius 2 is 1.82 bits per heavy atom. The molecule has 1 fully saturated rings. The zero-order chi connectivity index (χ0) is 25.5. The zero-order valence-electron chi connectivity index (χ0n) is 20.1. The summed E-state index contributed by atoms with van der Waals surface area (Å²) in [7, 11) is 0. The van der Waals surface area contributed by atoms with Gasteiger partial charge in [0.25, 0.3) is 5.56 Å². The summed E-state index contributed by atoms with van der Waals surface area (Å²) >= 11 is 0. The van der Waals surface area contributed by atoms with Crippen LogP contribution in [0.25, 0.3) is 11.1 Å². The van der Waals surface area contributed by atoms with Crippen molar-refractivity contribution in [2.75, 3.05) is 13.1 Å². The summed E-state index contributed by atoms with van der Waals surface area (Å²) in [4.78, 5) is 38.9. The van der Waals surface area contributed by atoms with E-state index >= 15 is 0 Å². The van der Waals surface area contributed by atoms with E-state index in [-0.39, 0.29) is 42.7 Å². The molecule has 0 bridgehead atoms. The summed E-state index contributed by atoms with van der Waals surface area (Å²) in [6, 6.07) is 6.70. The van der Waals surface area contributed by atoms with Gasteiger partial charge in [0.2, 0.25) is 0 Å². The van der Waals surface area contributed by atoms with Crippen LogP contribution in [0.1, 0.15) is 51.4 Å². The van der Waals surface area contributed by atoms with E-state index in [0.717, 1.165) is 16.8 Å². The molecular weight excluding hydrogens is 443 g/mol. The van der Waals surface area contributed by atoms with Crippen molar-refractivity contribution >= 4 is 12.1 Å². The molecule has 9 heteroatoms. The highest BCUT2D eigenvalue weighted by Crippen LogP contribution is 2.40. The molecule has 0 saturated carbocycles. The Morgan fingerprint density at radius 1 is 1.18 bits per heavy atom. The normalized spacial score (nSPS) is 20.1. The number of amides is 1. The van der Waals surface area contributed by atoms with Crippen LogP contribution < -0.4 is 5.56 Å². The summed E-state index contributed by atoms with van der Waals surface area (Å²) in [5, 5.41) is 21.3. The topological polar surface area (TPSA) is 109 Å². The molecular formula is C25H31FN2O6. The fourth-order valence-corrected chi connectivity index (χ4v) is 4.19. The van der Waals surface area contributed by atoms with Gasteiger partial charge in [-0.25, -0.2) is 14.0 Å². The number of benzene rings is 1. The third kappa shape index (κ3) is 5.14. The average molecular weight is 475 g/mol. The maximum Gasteiger partial charge on any atom is 0.410 e. The van der Waals surface area contributed by atoms with Crippen molar-refractivity contribution in [1.82, 2.24) is 9.47 Å². The molecule has 8 nitrogen and oxygen atoms in total. The van der Waals surface area contributed by atoms with Crippen LogP contribution >= 0.6 is 0 Å². The van der Waals surface area contributed by atoms with Gasteiger partial charge in [0.1, 0.15) is 11.4 Å². The number of ether oxygens (including phenoxy) is 1. The molecule has 3 rings (SSSR count). The number of hydrogen-bond donors (Lipinski definition) is 2. The molecule has 0 unspecified atom stereocenters. The van der Waals surface area contributed by atoms with Gasteiger partial charge in [-0.1, -0.05) is 32.0 Å². The quantitative estimate of drug-likeness (QED) is 0.699. The van der Waals surface area contributed by atoms with Crippen molar-refractivity contribution < 1.29 is 28.9 Å². The number of aliphatic hydroxyl groups is 1. The van der Waals surface area contributed by atoms with Gasteiger partial charge in [-0.2, -0.15) is 0 Å². The Labute approximate surface area is 197 Å². The van der Waals surface area contributed by atoms with E-state index < -0.39 is 40.1 Å². The van der Waals surface area contributed by atoms with Crippen molar-refractivity contribution in [3.63, 3.8) is 0 Å². The summed E-state index contributed by atoms with van der Waals surface area (Å²) in [6.07, 6.45) is 0.811. The third-order valence-corrected chi connectivity index (χ3v) is 6.25. The minimum Gasteiger partial charge on any atom is -0.478 e. The van der Waals surface area contributed by atoms with Crippen LogP contribution in [-0.4, -0.2) is 56.0 Å². The number of nitrogens with zero attached hydrogens (tertiary/aromatic N) is 2. The largest absolute Gasteiger partial charge is 0.478 e. The van der Waals surface area contributed by atoms with E-state index in [1.807, 2.05) is 0 Å². The van der Waals surface area contributed by atoms with E-state index in [1.54, 1.807) is 40.7 Å². The third-order valence-electron chi connectivity index (χ3n) is 6.25. The van der Waals surface area contributed by atoms with Gasteiger partial charge in [0, 0.05) is 41.9 Å². The molecule has 0 radical (unpaired) electrons. The van der Waals surface area contributed by atoms with Gasteiger partial charge in [-0.05, 0) is 33.3 Å². The molecule has 0 aliphatic carbocycles. The fourth-order valence-electron chi connectivity index (χ4n) is 4.19. The number of carbonyl (C=O) groups excluding carboxylic acids is 1. The number of carbonyl (C=O) groups is 2. The van der Waals surface area contributed by atoms with Crippen molar-refractivity contribution in [3.8, 4) is 11.1 Å². The Bertz CT molecular complexity index is 1170. The van der Waals surface area contributed by atoms with Crippen LogP contribution in [0, 0.1) is 11.2 Å². The van der Waals surface area contributed by atoms with Crippen molar-refractivity contribution in [2.24, 2.45) is 5.41 Å². The first-order valence-electron chi connectivity index (χ1n) is 11.1. The van der Waals surface area contributed by atoms with Crippen LogP contribution in [0.5, 0.6) is 0 Å². The molecule has 2 heterocycles. The first-order valence-corrected chi connectivity index (χ1v) is 11.1. The van der Waals surface area contributed by atoms with Crippen LogP contribution in [0.15, 0.2) is 41.3 Å². The molecule has 184 valence electrons. The standard InChI is InChI=1S/C25H31FN2O6/c1-23(2,3)34-22(32)27-11-10-25(33,24(4,5)14-27)15-28-13-18(21(30)31)17(12-20(28)29)16-8-6-7-9-19(16)26/h6-9,12-13,33H,10-11,14-15H2,1-5H3,(H,30,31)/t25-/m1/s1. The summed E-state index contributed by atoms with van der Waals surface area (Å²) in [5.41, 5.74) is -3.75. The Balaban J connectivity index is 1.92. The number of rotatable bonds is 4. The minimum atomic E-state index is -1.41. The van der Waals surface area contributed by atoms with Crippen LogP contribution in [0.4, 0.5) is 9.18 Å². The molecule has 34 heavy (non-hydrogen) atoms. The Morgan fingerprint density at radius 3 is 2.38 bits per heavy atom. The van der Waals surface area contributed by atoms with Crippen LogP contribution in [-0.2, 0) is 11.3 Å². The number of piperidine rings is 1. The number of aromatic carboxylic acids is 1. The molecule has 1 aromatic carbocycles. The minimum absolute atomic E-state index is 0.00820. The molecule has 1 aliphatic heterocycles. The number of pyridine rings is 1. The molecule has 1 atom stereocenters. The van der Waals surface area contributed by atoms with Crippen molar-refractivity contribution in [1.29, 1.82) is 0 Å². The van der Waals surface area contributed by atoms with Gasteiger partial charge in [0.05, 0.1) is 17.7 Å². The second-order valence-corrected chi connectivity index (χ2v) is 10.4. The Hall–Kier alpha value is -3.20. The molecule has 0 spiro atoms. The second-order valence-electron chi connectivity index (χ2n) is 10.4. The average Bonchev–Trinajstić information content (AvgIpc) is 2.70. The lowest BCUT2D eigenvalue weighted by molar-refractivity contribution is -0.126. The van der Waals surface area contributed by atoms with E-state index in [2.05, 4.69) is 0 Å². The maximum atomic E-state index is 14.3. The fraction of sp³-hybridized carbons (Fsp3) is 0.480. The highest BCUT2D eigenvalue weighted by molar-refractivity contribution is 5.95. The molecule has 2 aromatic rings. The predicted molar refractivity (Wildman–Crippen MR) is 124 cm³/mol. The maximum absolute atomic E-state index is 14.3. The predicted octanol–water partition coefficient (Wildman–Crippen LogP) is 3.75. The molecule has 1 amide bonds. The summed E-state index contributed by atoms with van der Waals surface area (Å²) < 4.78 is 20.9. The number of carboxylic acid groups (broad SMARTS) is 1. The summed E-state index contributed by atoms with van der Waals surface area (Å²) in [6.45, 7) is 9.09. The molecule has 1 aromatic heterocycles. The summed E-state index contributed by atoms with van der Waals surface area (Å²) in [5.74, 6) is -1.96. The number of hydrogen-bond acceptors (Lipinski definition) is 5. The van der Waals surface area contributed by atoms with E-state index in [9.17, 15) is 29.0 Å². The zero-order valence-corrected chi connectivity index (χ0v) is 20.1. The van der Waals surface area contributed by atoms with E-state index in [0.29, 0.717) is 0 Å². The van der Waals surface area contributed by atoms with Gasteiger partial charge >= 0.3 is 12.1 Å². The monoisotopic (exact) mass is 474 g/mol. The van der Waals surface area contributed by atoms with Gasteiger partial charge in [-0.15, -0.1) is 0 Å². The Kier molecular flexibility index (Phi) is 6.63. The van der Waals surface area contributed by atoms with Gasteiger partial charge in [-0.3, -0.25) is 4.79 Å². The first-order chi connectivity index (χ1) is 15.6. The first kappa shape index (κ1) is 25.4. The van der Waals surface area contributed by atoms with Crippen molar-refractivity contribution in [2.45, 2.75) is 58.8 Å². The van der Waals surface area contributed by atoms with Gasteiger partial charge < -0.3 is 24.4 Å². The lowest BCUT2D eigenvalue weighted by Crippen LogP contribution is -2.61. The van der Waals surface area contributed by atoms with E-state index in [1.165, 1.54) is 23.1 Å². The molecule has 1 saturated heterocycles. The molecule has 1 aliphatic rings. The second kappa shape index (κ2) is 8.87. The van der Waals surface area contributed by atoms with Gasteiger partial charge in [0.15, 0.2) is 0 Å². The number of carboxylic acids is 1. The highest BCUT2D eigenvalue weighted by Gasteiger charge is 2.49. The van der Waals surface area contributed by atoms with Crippen molar-refractivity contribution in [3.05, 3.63) is 58.3 Å². The number of halogens is 1. The smallest absolute Gasteiger partial charge is 0.410 e. The van der Waals surface area contributed by atoms with Crippen LogP contribution in [0.2, 0.25) is 0 Å². The van der Waals surface area contributed by atoms with E-state index in [4.69, 9.17) is 4.74 Å². The highest BCUT2D eigenvalue weighted by atomic mass is 19.1. The molecule has 2 N–H and O–H groups in total. The van der Waals surface area contributed by atoms with Crippen LogP contribution in [0.3, 0.4) is 0 Å². The lowest BCUT2D eigenvalue weighted by atomic mass is 9.70. The number of likely N-dealkylation sites (tertiary alicyclic amines) is 1. The lowest BCUT2D eigenvalue weighted by Gasteiger charge is -2.50. The SMILES string of the molecule is CC(C)(C)OC(=O)N1CC[C@@](O)(Cn2cc(C(=O)O)c(-c3ccccc3F)cc2=O)C(C)(C)C1. The number of aromatic nitrogens is 1.